The fourth-order valence-corrected chi connectivity index (χ4v) is 4.57. The average molecular weight is 310 g/mol. The zero-order chi connectivity index (χ0) is 14.7. The van der Waals surface area contributed by atoms with Crippen LogP contribution in [0.4, 0.5) is 5.69 Å². The van der Waals surface area contributed by atoms with E-state index in [4.69, 9.17) is 4.74 Å². The molecule has 5 nitrogen and oxygen atoms in total. The standard InChI is InChI=1S/C15H22N2O3S/c18-21(19)10-5-14(12-21)16-11-13-1-3-15(4-2-13)17-6-8-20-9-7-17/h1-4,14,16H,5-12H2. The van der Waals surface area contributed by atoms with Crippen LogP contribution >= 0.6 is 0 Å². The van der Waals surface area contributed by atoms with Crippen molar-refractivity contribution in [3.05, 3.63) is 29.8 Å². The van der Waals surface area contributed by atoms with Crippen molar-refractivity contribution >= 4 is 15.5 Å². The lowest BCUT2D eigenvalue weighted by Crippen LogP contribution is -2.36. The maximum atomic E-state index is 11.4. The summed E-state index contributed by atoms with van der Waals surface area (Å²) < 4.78 is 28.2. The van der Waals surface area contributed by atoms with Crippen LogP contribution in [-0.4, -0.2) is 52.3 Å². The molecular weight excluding hydrogens is 288 g/mol. The molecule has 116 valence electrons. The first-order chi connectivity index (χ1) is 10.1. The quantitative estimate of drug-likeness (QED) is 0.891. The minimum absolute atomic E-state index is 0.105. The molecule has 0 spiro atoms. The van der Waals surface area contributed by atoms with Gasteiger partial charge in [0, 0.05) is 31.4 Å². The summed E-state index contributed by atoms with van der Waals surface area (Å²) in [5.41, 5.74) is 2.42. The Morgan fingerprint density at radius 3 is 2.52 bits per heavy atom. The zero-order valence-corrected chi connectivity index (χ0v) is 12.9. The highest BCUT2D eigenvalue weighted by Gasteiger charge is 2.27. The van der Waals surface area contributed by atoms with Crippen LogP contribution in [0.1, 0.15) is 12.0 Å². The van der Waals surface area contributed by atoms with E-state index < -0.39 is 9.84 Å². The van der Waals surface area contributed by atoms with Gasteiger partial charge in [0.05, 0.1) is 24.7 Å². The number of sulfone groups is 1. The molecule has 2 aliphatic heterocycles. The highest BCUT2D eigenvalue weighted by molar-refractivity contribution is 7.91. The number of rotatable bonds is 4. The minimum atomic E-state index is -2.80. The van der Waals surface area contributed by atoms with E-state index in [2.05, 4.69) is 34.5 Å². The van der Waals surface area contributed by atoms with Gasteiger partial charge in [-0.1, -0.05) is 12.1 Å². The van der Waals surface area contributed by atoms with Gasteiger partial charge in [-0.05, 0) is 24.1 Å². The van der Waals surface area contributed by atoms with E-state index >= 15 is 0 Å². The predicted octanol–water partition coefficient (Wildman–Crippen LogP) is 0.800. The van der Waals surface area contributed by atoms with E-state index in [1.807, 2.05) is 0 Å². The molecule has 0 bridgehead atoms. The molecule has 2 heterocycles. The molecule has 1 unspecified atom stereocenters. The van der Waals surface area contributed by atoms with Gasteiger partial charge in [-0.2, -0.15) is 0 Å². The molecular formula is C15H22N2O3S. The summed E-state index contributed by atoms with van der Waals surface area (Å²) in [4.78, 5) is 2.32. The molecule has 0 amide bonds. The molecule has 2 fully saturated rings. The molecule has 2 aliphatic rings. The molecule has 21 heavy (non-hydrogen) atoms. The van der Waals surface area contributed by atoms with Crippen LogP contribution in [-0.2, 0) is 21.1 Å². The number of morpholine rings is 1. The Morgan fingerprint density at radius 2 is 1.90 bits per heavy atom. The van der Waals surface area contributed by atoms with Gasteiger partial charge in [-0.3, -0.25) is 0 Å². The van der Waals surface area contributed by atoms with Crippen LogP contribution in [0, 0.1) is 0 Å². The van der Waals surface area contributed by atoms with Gasteiger partial charge in [-0.15, -0.1) is 0 Å². The molecule has 1 aromatic carbocycles. The van der Waals surface area contributed by atoms with Crippen LogP contribution < -0.4 is 10.2 Å². The molecule has 0 saturated carbocycles. The lowest BCUT2D eigenvalue weighted by atomic mass is 10.1. The Hall–Kier alpha value is -1.11. The van der Waals surface area contributed by atoms with Crippen molar-refractivity contribution in [2.75, 3.05) is 42.7 Å². The monoisotopic (exact) mass is 310 g/mol. The van der Waals surface area contributed by atoms with Gasteiger partial charge in [-0.25, -0.2) is 8.42 Å². The molecule has 6 heteroatoms. The van der Waals surface area contributed by atoms with Crippen molar-refractivity contribution in [2.45, 2.75) is 19.0 Å². The number of hydrogen-bond donors (Lipinski definition) is 1. The van der Waals surface area contributed by atoms with Crippen LogP contribution in [0.5, 0.6) is 0 Å². The lowest BCUT2D eigenvalue weighted by molar-refractivity contribution is 0.122. The average Bonchev–Trinajstić information content (AvgIpc) is 2.86. The van der Waals surface area contributed by atoms with Crippen molar-refractivity contribution in [1.82, 2.24) is 5.32 Å². The van der Waals surface area contributed by atoms with Crippen molar-refractivity contribution in [2.24, 2.45) is 0 Å². The normalized spacial score (nSPS) is 25.1. The Bertz CT molecular complexity index is 565. The zero-order valence-electron chi connectivity index (χ0n) is 12.1. The SMILES string of the molecule is O=S1(=O)CCC(NCc2ccc(N3CCOCC3)cc2)C1. The number of nitrogens with zero attached hydrogens (tertiary/aromatic N) is 1. The van der Waals surface area contributed by atoms with Crippen LogP contribution in [0.15, 0.2) is 24.3 Å². The Balaban J connectivity index is 1.52. The molecule has 1 aromatic rings. The third kappa shape index (κ3) is 3.96. The summed E-state index contributed by atoms with van der Waals surface area (Å²) >= 11 is 0. The molecule has 2 saturated heterocycles. The van der Waals surface area contributed by atoms with E-state index in [1.54, 1.807) is 0 Å². The van der Waals surface area contributed by atoms with Crippen molar-refractivity contribution in [3.63, 3.8) is 0 Å². The summed E-state index contributed by atoms with van der Waals surface area (Å²) in [7, 11) is -2.80. The molecule has 1 atom stereocenters. The largest absolute Gasteiger partial charge is 0.378 e. The molecule has 1 N–H and O–H groups in total. The third-order valence-electron chi connectivity index (χ3n) is 4.14. The first-order valence-corrected chi connectivity index (χ1v) is 9.30. The number of anilines is 1. The maximum absolute atomic E-state index is 11.4. The second-order valence-electron chi connectivity index (χ2n) is 5.75. The lowest BCUT2D eigenvalue weighted by Gasteiger charge is -2.29. The smallest absolute Gasteiger partial charge is 0.151 e. The van der Waals surface area contributed by atoms with Crippen LogP contribution in [0.3, 0.4) is 0 Å². The van der Waals surface area contributed by atoms with Crippen LogP contribution in [0.25, 0.3) is 0 Å². The van der Waals surface area contributed by atoms with Crippen molar-refractivity contribution in [3.8, 4) is 0 Å². The Morgan fingerprint density at radius 1 is 1.19 bits per heavy atom. The van der Waals surface area contributed by atoms with Crippen molar-refractivity contribution < 1.29 is 13.2 Å². The summed E-state index contributed by atoms with van der Waals surface area (Å²) in [6.07, 6.45) is 0.730. The van der Waals surface area contributed by atoms with Gasteiger partial charge >= 0.3 is 0 Å². The van der Waals surface area contributed by atoms with E-state index in [0.717, 1.165) is 39.3 Å². The van der Waals surface area contributed by atoms with E-state index in [-0.39, 0.29) is 11.8 Å². The third-order valence-corrected chi connectivity index (χ3v) is 5.91. The highest BCUT2D eigenvalue weighted by atomic mass is 32.2. The molecule has 3 rings (SSSR count). The fourth-order valence-electron chi connectivity index (χ4n) is 2.86. The van der Waals surface area contributed by atoms with Gasteiger partial charge in [0.2, 0.25) is 0 Å². The molecule has 0 aromatic heterocycles. The number of nitrogens with one attached hydrogen (secondary N) is 1. The van der Waals surface area contributed by atoms with E-state index in [1.165, 1.54) is 11.3 Å². The molecule has 0 radical (unpaired) electrons. The van der Waals surface area contributed by atoms with Gasteiger partial charge in [0.1, 0.15) is 0 Å². The number of benzene rings is 1. The topological polar surface area (TPSA) is 58.6 Å². The maximum Gasteiger partial charge on any atom is 0.151 e. The summed E-state index contributed by atoms with van der Waals surface area (Å²) in [6.45, 7) is 4.19. The highest BCUT2D eigenvalue weighted by Crippen LogP contribution is 2.17. The first-order valence-electron chi connectivity index (χ1n) is 7.48. The van der Waals surface area contributed by atoms with Gasteiger partial charge < -0.3 is 15.0 Å². The van der Waals surface area contributed by atoms with E-state index in [9.17, 15) is 8.42 Å². The van der Waals surface area contributed by atoms with Crippen LogP contribution in [0.2, 0.25) is 0 Å². The van der Waals surface area contributed by atoms with Gasteiger partial charge in [0.25, 0.3) is 0 Å². The summed E-state index contributed by atoms with van der Waals surface area (Å²) in [5.74, 6) is 0.597. The van der Waals surface area contributed by atoms with E-state index in [0.29, 0.717) is 5.75 Å². The summed E-state index contributed by atoms with van der Waals surface area (Å²) in [6, 6.07) is 8.60. The summed E-state index contributed by atoms with van der Waals surface area (Å²) in [5, 5.41) is 3.34. The number of hydrogen-bond acceptors (Lipinski definition) is 5. The Kier molecular flexibility index (Phi) is 4.47. The minimum Gasteiger partial charge on any atom is -0.378 e. The second-order valence-corrected chi connectivity index (χ2v) is 7.98. The predicted molar refractivity (Wildman–Crippen MR) is 83.4 cm³/mol. The first kappa shape index (κ1) is 14.8. The number of ether oxygens (including phenoxy) is 1. The second kappa shape index (κ2) is 6.34. The van der Waals surface area contributed by atoms with Crippen molar-refractivity contribution in [1.29, 1.82) is 0 Å². The van der Waals surface area contributed by atoms with Gasteiger partial charge in [0.15, 0.2) is 9.84 Å². The fraction of sp³-hybridized carbons (Fsp3) is 0.600. The Labute approximate surface area is 126 Å². The molecule has 0 aliphatic carbocycles.